The Kier molecular flexibility index (Phi) is 6.99. The van der Waals surface area contributed by atoms with E-state index in [1.807, 2.05) is 24.3 Å². The lowest BCUT2D eigenvalue weighted by Gasteiger charge is -2.11. The standard InChI is InChI=1S/C23H16ClN3O4/c24-21-10-3-1-7-17(21)15-31-22-11-4-2-6-16(22)12-18(14-25)23(28)26-19-8-5-9-20(13-19)27(29)30/h1-13H,15H2,(H,26,28)/b18-12+. The van der Waals surface area contributed by atoms with E-state index in [4.69, 9.17) is 16.3 Å². The number of non-ortho nitro benzene ring substituents is 1. The highest BCUT2D eigenvalue weighted by molar-refractivity contribution is 6.31. The molecular formula is C23H16ClN3O4. The summed E-state index contributed by atoms with van der Waals surface area (Å²) >= 11 is 6.16. The van der Waals surface area contributed by atoms with Crippen molar-refractivity contribution in [2.45, 2.75) is 6.61 Å². The fourth-order valence-electron chi connectivity index (χ4n) is 2.70. The lowest BCUT2D eigenvalue weighted by atomic mass is 10.1. The molecule has 0 aliphatic heterocycles. The van der Waals surface area contributed by atoms with E-state index in [1.54, 1.807) is 30.3 Å². The number of nitriles is 1. The number of anilines is 1. The molecule has 154 valence electrons. The van der Waals surface area contributed by atoms with Crippen molar-refractivity contribution in [1.29, 1.82) is 5.26 Å². The quantitative estimate of drug-likeness (QED) is 0.233. The van der Waals surface area contributed by atoms with Gasteiger partial charge in [0.15, 0.2) is 0 Å². The predicted octanol–water partition coefficient (Wildman–Crippen LogP) is 5.37. The van der Waals surface area contributed by atoms with Gasteiger partial charge in [0.05, 0.1) is 4.92 Å². The molecule has 0 atom stereocenters. The summed E-state index contributed by atoms with van der Waals surface area (Å²) in [7, 11) is 0. The molecule has 3 rings (SSSR count). The zero-order valence-electron chi connectivity index (χ0n) is 16.1. The molecule has 0 bridgehead atoms. The summed E-state index contributed by atoms with van der Waals surface area (Å²) in [5.41, 5.74) is 1.19. The Morgan fingerprint density at radius 1 is 1.13 bits per heavy atom. The number of carbonyl (C=O) groups excluding carboxylic acids is 1. The van der Waals surface area contributed by atoms with Crippen LogP contribution >= 0.6 is 11.6 Å². The van der Waals surface area contributed by atoms with Gasteiger partial charge in [-0.05, 0) is 24.3 Å². The van der Waals surface area contributed by atoms with Crippen LogP contribution < -0.4 is 10.1 Å². The molecule has 0 radical (unpaired) electrons. The van der Waals surface area contributed by atoms with Crippen LogP contribution in [0.2, 0.25) is 5.02 Å². The van der Waals surface area contributed by atoms with E-state index in [2.05, 4.69) is 5.32 Å². The monoisotopic (exact) mass is 433 g/mol. The third kappa shape index (κ3) is 5.69. The van der Waals surface area contributed by atoms with Crippen LogP contribution in [0.1, 0.15) is 11.1 Å². The van der Waals surface area contributed by atoms with E-state index >= 15 is 0 Å². The average Bonchev–Trinajstić information content (AvgIpc) is 2.77. The second-order valence-corrected chi connectivity index (χ2v) is 6.76. The van der Waals surface area contributed by atoms with Crippen molar-refractivity contribution in [2.24, 2.45) is 0 Å². The number of para-hydroxylation sites is 1. The minimum absolute atomic E-state index is 0.168. The van der Waals surface area contributed by atoms with Crippen molar-refractivity contribution in [3.63, 3.8) is 0 Å². The minimum atomic E-state index is -0.691. The lowest BCUT2D eigenvalue weighted by Crippen LogP contribution is -2.13. The van der Waals surface area contributed by atoms with Gasteiger partial charge in [-0.15, -0.1) is 0 Å². The Labute approximate surface area is 183 Å². The van der Waals surface area contributed by atoms with Crippen LogP contribution in [0.15, 0.2) is 78.4 Å². The maximum Gasteiger partial charge on any atom is 0.271 e. The molecule has 0 unspecified atom stereocenters. The molecule has 31 heavy (non-hydrogen) atoms. The van der Waals surface area contributed by atoms with E-state index in [1.165, 1.54) is 30.3 Å². The number of hydrogen-bond acceptors (Lipinski definition) is 5. The summed E-state index contributed by atoms with van der Waals surface area (Å²) in [6.45, 7) is 0.215. The van der Waals surface area contributed by atoms with E-state index in [9.17, 15) is 20.2 Å². The van der Waals surface area contributed by atoms with Crippen molar-refractivity contribution in [3.05, 3.63) is 105 Å². The first-order valence-electron chi connectivity index (χ1n) is 9.11. The molecule has 8 heteroatoms. The van der Waals surface area contributed by atoms with Crippen molar-refractivity contribution >= 4 is 35.0 Å². The normalized spacial score (nSPS) is 10.8. The Balaban J connectivity index is 1.80. The van der Waals surface area contributed by atoms with Gasteiger partial charge in [0.25, 0.3) is 11.6 Å². The number of halogens is 1. The van der Waals surface area contributed by atoms with Crippen LogP contribution in [-0.4, -0.2) is 10.8 Å². The summed E-state index contributed by atoms with van der Waals surface area (Å²) in [5.74, 6) is -0.220. The molecule has 3 aromatic carbocycles. The fraction of sp³-hybridized carbons (Fsp3) is 0.0435. The van der Waals surface area contributed by atoms with Gasteiger partial charge >= 0.3 is 0 Å². The molecule has 3 aromatic rings. The molecule has 0 aliphatic rings. The average molecular weight is 434 g/mol. The molecule has 1 amide bonds. The number of hydrogen-bond donors (Lipinski definition) is 1. The summed E-state index contributed by atoms with van der Waals surface area (Å²) in [6, 6.07) is 21.6. The van der Waals surface area contributed by atoms with Crippen LogP contribution in [0.4, 0.5) is 11.4 Å². The van der Waals surface area contributed by atoms with Gasteiger partial charge < -0.3 is 10.1 Å². The van der Waals surface area contributed by atoms with Gasteiger partial charge in [-0.25, -0.2) is 0 Å². The van der Waals surface area contributed by atoms with Crippen LogP contribution in [0, 0.1) is 21.4 Å². The van der Waals surface area contributed by atoms with Crippen LogP contribution in [0.5, 0.6) is 5.75 Å². The maximum atomic E-state index is 12.5. The predicted molar refractivity (Wildman–Crippen MR) is 118 cm³/mol. The number of nitrogens with zero attached hydrogens (tertiary/aromatic N) is 2. The minimum Gasteiger partial charge on any atom is -0.488 e. The Bertz CT molecular complexity index is 1200. The molecule has 0 fully saturated rings. The van der Waals surface area contributed by atoms with Crippen LogP contribution in [0.3, 0.4) is 0 Å². The summed E-state index contributed by atoms with van der Waals surface area (Å²) in [6.07, 6.45) is 1.40. The number of benzene rings is 3. The Morgan fingerprint density at radius 3 is 2.61 bits per heavy atom. The van der Waals surface area contributed by atoms with Crippen molar-refractivity contribution in [2.75, 3.05) is 5.32 Å². The maximum absolute atomic E-state index is 12.5. The Hall–Kier alpha value is -4.15. The Morgan fingerprint density at radius 2 is 1.87 bits per heavy atom. The topological polar surface area (TPSA) is 105 Å². The number of nitro groups is 1. The molecule has 1 N–H and O–H groups in total. The van der Waals surface area contributed by atoms with Gasteiger partial charge in [-0.1, -0.05) is 54.1 Å². The van der Waals surface area contributed by atoms with Crippen molar-refractivity contribution < 1.29 is 14.5 Å². The van der Waals surface area contributed by atoms with E-state index in [0.717, 1.165) is 5.56 Å². The molecule has 0 aromatic heterocycles. The smallest absolute Gasteiger partial charge is 0.271 e. The molecule has 7 nitrogen and oxygen atoms in total. The summed E-state index contributed by atoms with van der Waals surface area (Å²) in [4.78, 5) is 22.9. The highest BCUT2D eigenvalue weighted by Gasteiger charge is 2.13. The number of rotatable bonds is 7. The van der Waals surface area contributed by atoms with Gasteiger partial charge in [-0.2, -0.15) is 5.26 Å². The number of nitrogens with one attached hydrogen (secondary N) is 1. The first-order chi connectivity index (χ1) is 15.0. The van der Waals surface area contributed by atoms with E-state index in [0.29, 0.717) is 16.3 Å². The summed E-state index contributed by atoms with van der Waals surface area (Å²) in [5, 5.41) is 23.4. The zero-order chi connectivity index (χ0) is 22.2. The second kappa shape index (κ2) is 10.1. The molecule has 0 aliphatic carbocycles. The van der Waals surface area contributed by atoms with Crippen LogP contribution in [-0.2, 0) is 11.4 Å². The van der Waals surface area contributed by atoms with Crippen molar-refractivity contribution in [3.8, 4) is 11.8 Å². The van der Waals surface area contributed by atoms with E-state index in [-0.39, 0.29) is 23.6 Å². The van der Waals surface area contributed by atoms with Crippen molar-refractivity contribution in [1.82, 2.24) is 0 Å². The first kappa shape index (κ1) is 21.6. The largest absolute Gasteiger partial charge is 0.488 e. The lowest BCUT2D eigenvalue weighted by molar-refractivity contribution is -0.384. The third-order valence-electron chi connectivity index (χ3n) is 4.24. The highest BCUT2D eigenvalue weighted by atomic mass is 35.5. The summed E-state index contributed by atoms with van der Waals surface area (Å²) < 4.78 is 5.84. The van der Waals surface area contributed by atoms with Gasteiger partial charge in [0.2, 0.25) is 0 Å². The second-order valence-electron chi connectivity index (χ2n) is 6.35. The van der Waals surface area contributed by atoms with Gasteiger partial charge in [0, 0.05) is 34.0 Å². The van der Waals surface area contributed by atoms with E-state index < -0.39 is 10.8 Å². The molecule has 0 saturated heterocycles. The zero-order valence-corrected chi connectivity index (χ0v) is 16.9. The van der Waals surface area contributed by atoms with Gasteiger partial charge in [0.1, 0.15) is 24.0 Å². The van der Waals surface area contributed by atoms with Crippen LogP contribution in [0.25, 0.3) is 6.08 Å². The fourth-order valence-corrected chi connectivity index (χ4v) is 2.89. The number of amides is 1. The molecule has 0 saturated carbocycles. The van der Waals surface area contributed by atoms with Gasteiger partial charge in [-0.3, -0.25) is 14.9 Å². The SMILES string of the molecule is N#C/C(=C\c1ccccc1OCc1ccccc1Cl)C(=O)Nc1cccc([N+](=O)[O-])c1. The third-order valence-corrected chi connectivity index (χ3v) is 4.61. The first-order valence-corrected chi connectivity index (χ1v) is 9.48. The number of ether oxygens (including phenoxy) is 1. The molecular weight excluding hydrogens is 418 g/mol. The number of carbonyl (C=O) groups is 1. The highest BCUT2D eigenvalue weighted by Crippen LogP contribution is 2.24. The molecule has 0 spiro atoms. The number of nitro benzene ring substituents is 1. The molecule has 0 heterocycles.